The molecule has 0 heterocycles. The van der Waals surface area contributed by atoms with Gasteiger partial charge in [0.25, 0.3) is 0 Å². The molecule has 148 valence electrons. The van der Waals surface area contributed by atoms with E-state index in [1.807, 2.05) is 0 Å². The summed E-state index contributed by atoms with van der Waals surface area (Å²) in [5, 5.41) is 41.7. The van der Waals surface area contributed by atoms with Crippen LogP contribution in [-0.4, -0.2) is 50.4 Å². The SMILES string of the molecule is C=C1C[C@]23C[C@@]1(O)CC[C@H]2[C@@H]1[C@H]([C@@H]3C(=O)O)[C@](C)(C(=O)O)[C@@H](O)C[C@@H]1C=O. The lowest BCUT2D eigenvalue weighted by molar-refractivity contribution is -0.179. The number of aliphatic hydroxyl groups excluding tert-OH is 1. The smallest absolute Gasteiger partial charge is 0.312 e. The normalized spacial score (nSPS) is 53.5. The second-order valence-corrected chi connectivity index (χ2v) is 9.43. The van der Waals surface area contributed by atoms with Crippen LogP contribution >= 0.6 is 0 Å². The fourth-order valence-electron chi connectivity index (χ4n) is 7.38. The van der Waals surface area contributed by atoms with E-state index in [4.69, 9.17) is 0 Å². The van der Waals surface area contributed by atoms with Crippen molar-refractivity contribution >= 4 is 18.2 Å². The van der Waals surface area contributed by atoms with Crippen molar-refractivity contribution in [2.24, 2.45) is 40.4 Å². The molecular weight excluding hydrogens is 352 g/mol. The number of hydrogen-bond acceptors (Lipinski definition) is 5. The number of hydrogen-bond donors (Lipinski definition) is 4. The second-order valence-electron chi connectivity index (χ2n) is 9.43. The molecular formula is C20H26O7. The minimum absolute atomic E-state index is 0.0254. The van der Waals surface area contributed by atoms with Crippen LogP contribution in [0.25, 0.3) is 0 Å². The van der Waals surface area contributed by atoms with Gasteiger partial charge >= 0.3 is 11.9 Å². The molecule has 0 amide bonds. The van der Waals surface area contributed by atoms with Crippen LogP contribution < -0.4 is 0 Å². The van der Waals surface area contributed by atoms with E-state index in [2.05, 4.69) is 6.58 Å². The third kappa shape index (κ3) is 2.02. The van der Waals surface area contributed by atoms with Crippen LogP contribution in [0.4, 0.5) is 0 Å². The van der Waals surface area contributed by atoms with Crippen molar-refractivity contribution in [3.05, 3.63) is 12.2 Å². The van der Waals surface area contributed by atoms with Gasteiger partial charge in [0.15, 0.2) is 0 Å². The molecule has 27 heavy (non-hydrogen) atoms. The summed E-state index contributed by atoms with van der Waals surface area (Å²) in [6.45, 7) is 5.40. The third-order valence-electron chi connectivity index (χ3n) is 8.56. The predicted octanol–water partition coefficient (Wildman–Crippen LogP) is 1.08. The number of fused-ring (bicyclic) bond motifs is 3. The third-order valence-corrected chi connectivity index (χ3v) is 8.56. The predicted molar refractivity (Wildman–Crippen MR) is 92.5 cm³/mol. The molecule has 4 N–H and O–H groups in total. The van der Waals surface area contributed by atoms with Crippen LogP contribution in [0.2, 0.25) is 0 Å². The molecule has 7 heteroatoms. The number of aldehydes is 1. The number of carbonyl (C=O) groups excluding carboxylic acids is 1. The number of aliphatic carboxylic acids is 2. The van der Waals surface area contributed by atoms with Gasteiger partial charge in [-0.15, -0.1) is 0 Å². The highest BCUT2D eigenvalue weighted by molar-refractivity contribution is 5.80. The van der Waals surface area contributed by atoms with Crippen molar-refractivity contribution in [1.29, 1.82) is 0 Å². The van der Waals surface area contributed by atoms with E-state index in [1.54, 1.807) is 0 Å². The first kappa shape index (κ1) is 18.6. The van der Waals surface area contributed by atoms with Crippen LogP contribution in [0.15, 0.2) is 12.2 Å². The van der Waals surface area contributed by atoms with E-state index in [-0.39, 0.29) is 18.8 Å². The van der Waals surface area contributed by atoms with Crippen LogP contribution in [0, 0.1) is 40.4 Å². The molecule has 0 aromatic carbocycles. The monoisotopic (exact) mass is 378 g/mol. The average Bonchev–Trinajstić information content (AvgIpc) is 2.98. The van der Waals surface area contributed by atoms with Crippen molar-refractivity contribution in [2.45, 2.75) is 50.7 Å². The summed E-state index contributed by atoms with van der Waals surface area (Å²) in [6, 6.07) is 0. The Morgan fingerprint density at radius 3 is 2.52 bits per heavy atom. The van der Waals surface area contributed by atoms with Crippen LogP contribution in [0.5, 0.6) is 0 Å². The Bertz CT molecular complexity index is 747. The van der Waals surface area contributed by atoms with Gasteiger partial charge in [0.05, 0.1) is 23.0 Å². The molecule has 0 radical (unpaired) electrons. The fraction of sp³-hybridized carbons (Fsp3) is 0.750. The molecule has 7 nitrogen and oxygen atoms in total. The number of rotatable bonds is 3. The van der Waals surface area contributed by atoms with E-state index in [1.165, 1.54) is 6.92 Å². The van der Waals surface area contributed by atoms with Gasteiger partial charge in [0, 0.05) is 5.92 Å². The quantitative estimate of drug-likeness (QED) is 0.427. The highest BCUT2D eigenvalue weighted by Gasteiger charge is 2.76. The summed E-state index contributed by atoms with van der Waals surface area (Å²) >= 11 is 0. The Kier molecular flexibility index (Phi) is 3.73. The Morgan fingerprint density at radius 1 is 1.30 bits per heavy atom. The second kappa shape index (κ2) is 5.41. The summed E-state index contributed by atoms with van der Waals surface area (Å²) in [5.74, 6) is -5.45. The summed E-state index contributed by atoms with van der Waals surface area (Å²) in [5.41, 5.74) is -2.98. The molecule has 1 spiro atoms. The molecule has 0 saturated heterocycles. The lowest BCUT2D eigenvalue weighted by atomic mass is 9.55. The molecule has 4 rings (SSSR count). The van der Waals surface area contributed by atoms with Gasteiger partial charge in [-0.3, -0.25) is 9.59 Å². The molecule has 4 saturated carbocycles. The maximum absolute atomic E-state index is 12.4. The van der Waals surface area contributed by atoms with Crippen molar-refractivity contribution in [3.63, 3.8) is 0 Å². The maximum Gasteiger partial charge on any atom is 0.312 e. The number of aliphatic hydroxyl groups is 2. The largest absolute Gasteiger partial charge is 0.481 e. The van der Waals surface area contributed by atoms with E-state index in [9.17, 15) is 34.8 Å². The van der Waals surface area contributed by atoms with Crippen LogP contribution in [-0.2, 0) is 14.4 Å². The van der Waals surface area contributed by atoms with Crippen molar-refractivity contribution < 1.29 is 34.8 Å². The molecule has 4 aliphatic rings. The van der Waals surface area contributed by atoms with Crippen molar-refractivity contribution in [1.82, 2.24) is 0 Å². The molecule has 0 aromatic heterocycles. The fourth-order valence-corrected chi connectivity index (χ4v) is 7.38. The first-order chi connectivity index (χ1) is 12.5. The van der Waals surface area contributed by atoms with Gasteiger partial charge in [0.1, 0.15) is 6.29 Å². The minimum Gasteiger partial charge on any atom is -0.481 e. The van der Waals surface area contributed by atoms with Crippen molar-refractivity contribution in [2.75, 3.05) is 0 Å². The summed E-state index contributed by atoms with van der Waals surface area (Å²) in [7, 11) is 0. The number of carboxylic acids is 2. The molecule has 4 fully saturated rings. The topological polar surface area (TPSA) is 132 Å². The number of carbonyl (C=O) groups is 3. The molecule has 0 aromatic rings. The maximum atomic E-state index is 12.4. The van der Waals surface area contributed by atoms with Gasteiger partial charge in [-0.25, -0.2) is 0 Å². The number of carboxylic acid groups (broad SMARTS) is 2. The van der Waals surface area contributed by atoms with Gasteiger partial charge in [-0.1, -0.05) is 6.58 Å². The Labute approximate surface area is 157 Å². The Balaban J connectivity index is 1.95. The van der Waals surface area contributed by atoms with Gasteiger partial charge in [0.2, 0.25) is 0 Å². The average molecular weight is 378 g/mol. The standard InChI is InChI=1S/C20H26O7/c1-9-6-19-8-20(9,27)4-3-11(19)13-10(7-21)5-12(22)18(2,17(25)26)14(13)15(19)16(23)24/h7,10-15,22,27H,1,3-6,8H2,2H3,(H,23,24)(H,25,26)/t10-,11+,12+,13-,14-,15-,18-,19+,20+/m1/s1. The molecule has 4 aliphatic carbocycles. The van der Waals surface area contributed by atoms with E-state index in [0.717, 1.165) is 6.29 Å². The van der Waals surface area contributed by atoms with Gasteiger partial charge in [-0.05, 0) is 67.8 Å². The lowest BCUT2D eigenvalue weighted by Gasteiger charge is -2.48. The van der Waals surface area contributed by atoms with Gasteiger partial charge in [-0.2, -0.15) is 0 Å². The minimum atomic E-state index is -1.65. The molecule has 2 bridgehead atoms. The van der Waals surface area contributed by atoms with Crippen molar-refractivity contribution in [3.8, 4) is 0 Å². The molecule has 9 atom stereocenters. The highest BCUT2D eigenvalue weighted by Crippen LogP contribution is 2.74. The Morgan fingerprint density at radius 2 is 1.96 bits per heavy atom. The zero-order valence-electron chi connectivity index (χ0n) is 15.3. The Hall–Kier alpha value is -1.73. The van der Waals surface area contributed by atoms with E-state index in [0.29, 0.717) is 24.8 Å². The summed E-state index contributed by atoms with van der Waals surface area (Å²) < 4.78 is 0. The zero-order valence-corrected chi connectivity index (χ0v) is 15.3. The highest BCUT2D eigenvalue weighted by atomic mass is 16.4. The summed E-state index contributed by atoms with van der Waals surface area (Å²) in [6.07, 6.45) is 1.04. The lowest BCUT2D eigenvalue weighted by Crippen LogP contribution is -2.56. The van der Waals surface area contributed by atoms with E-state index >= 15 is 0 Å². The first-order valence-electron chi connectivity index (χ1n) is 9.53. The van der Waals surface area contributed by atoms with E-state index < -0.39 is 58.1 Å². The zero-order chi connectivity index (χ0) is 19.9. The van der Waals surface area contributed by atoms with Gasteiger partial charge < -0.3 is 25.2 Å². The first-order valence-corrected chi connectivity index (χ1v) is 9.53. The molecule has 0 aliphatic heterocycles. The summed E-state index contributed by atoms with van der Waals surface area (Å²) in [4.78, 5) is 36.5. The molecule has 0 unspecified atom stereocenters. The van der Waals surface area contributed by atoms with Crippen LogP contribution in [0.3, 0.4) is 0 Å². The van der Waals surface area contributed by atoms with Crippen LogP contribution in [0.1, 0.15) is 39.0 Å².